The summed E-state index contributed by atoms with van der Waals surface area (Å²) in [4.78, 5) is 27.4. The van der Waals surface area contributed by atoms with Gasteiger partial charge in [0.25, 0.3) is 5.91 Å². The number of benzene rings is 3. The molecule has 0 aliphatic carbocycles. The molecule has 0 spiro atoms. The van der Waals surface area contributed by atoms with Crippen molar-refractivity contribution in [1.82, 2.24) is 14.9 Å². The highest BCUT2D eigenvalue weighted by atomic mass is 35.5. The van der Waals surface area contributed by atoms with Gasteiger partial charge in [-0.3, -0.25) is 4.79 Å². The number of aryl methyl sites for hydroxylation is 2. The molecule has 2 heterocycles. The van der Waals surface area contributed by atoms with Gasteiger partial charge in [0, 0.05) is 60.0 Å². The molecule has 5 nitrogen and oxygen atoms in total. The third-order valence-corrected chi connectivity index (χ3v) is 7.01. The fourth-order valence-corrected chi connectivity index (χ4v) is 4.80. The first-order valence-electron chi connectivity index (χ1n) is 12.3. The lowest BCUT2D eigenvalue weighted by Gasteiger charge is -2.37. The van der Waals surface area contributed by atoms with Gasteiger partial charge in [-0.15, -0.1) is 0 Å². The highest BCUT2D eigenvalue weighted by Crippen LogP contribution is 2.29. The van der Waals surface area contributed by atoms with Crippen LogP contribution in [-0.2, 0) is 6.42 Å². The number of anilines is 1. The second-order valence-corrected chi connectivity index (χ2v) is 9.63. The molecule has 1 aliphatic rings. The summed E-state index contributed by atoms with van der Waals surface area (Å²) in [7, 11) is 0. The molecule has 1 saturated heterocycles. The Kier molecular flexibility index (Phi) is 7.01. The zero-order valence-electron chi connectivity index (χ0n) is 20.6. The minimum atomic E-state index is 0.0954. The summed E-state index contributed by atoms with van der Waals surface area (Å²) >= 11 is 6.12. The van der Waals surface area contributed by atoms with E-state index in [2.05, 4.69) is 24.0 Å². The molecule has 3 aromatic carbocycles. The molecule has 6 heteroatoms. The second-order valence-electron chi connectivity index (χ2n) is 9.20. The van der Waals surface area contributed by atoms with Gasteiger partial charge in [-0.05, 0) is 43.2 Å². The van der Waals surface area contributed by atoms with Crippen LogP contribution in [0.15, 0.2) is 78.9 Å². The van der Waals surface area contributed by atoms with Crippen molar-refractivity contribution in [3.05, 3.63) is 112 Å². The number of hydrogen-bond acceptors (Lipinski definition) is 4. The molecule has 1 fully saturated rings. The van der Waals surface area contributed by atoms with E-state index in [1.54, 1.807) is 0 Å². The molecule has 0 saturated carbocycles. The molecular formula is C30H29ClN4O. The zero-order valence-corrected chi connectivity index (χ0v) is 21.4. The molecule has 1 amide bonds. The largest absolute Gasteiger partial charge is 0.353 e. The molecule has 5 rings (SSSR count). The summed E-state index contributed by atoms with van der Waals surface area (Å²) < 4.78 is 0. The summed E-state index contributed by atoms with van der Waals surface area (Å²) in [6.07, 6.45) is 0.718. The van der Waals surface area contributed by atoms with Crippen molar-refractivity contribution in [2.75, 3.05) is 31.1 Å². The van der Waals surface area contributed by atoms with Crippen LogP contribution in [0.4, 0.5) is 5.82 Å². The van der Waals surface area contributed by atoms with E-state index in [4.69, 9.17) is 21.6 Å². The minimum Gasteiger partial charge on any atom is -0.353 e. The van der Waals surface area contributed by atoms with Crippen molar-refractivity contribution in [2.24, 2.45) is 0 Å². The first kappa shape index (κ1) is 24.0. The number of piperazine rings is 1. The second kappa shape index (κ2) is 10.5. The van der Waals surface area contributed by atoms with E-state index in [0.717, 1.165) is 69.7 Å². The van der Waals surface area contributed by atoms with Crippen LogP contribution in [0, 0.1) is 13.8 Å². The molecule has 36 heavy (non-hydrogen) atoms. The first-order chi connectivity index (χ1) is 17.5. The van der Waals surface area contributed by atoms with E-state index >= 15 is 0 Å². The summed E-state index contributed by atoms with van der Waals surface area (Å²) in [6, 6.07) is 25.8. The van der Waals surface area contributed by atoms with Gasteiger partial charge in [0.1, 0.15) is 5.82 Å². The molecular weight excluding hydrogens is 468 g/mol. The fraction of sp³-hybridized carbons (Fsp3) is 0.233. The lowest BCUT2D eigenvalue weighted by molar-refractivity contribution is 0.0745. The third-order valence-electron chi connectivity index (χ3n) is 6.76. The summed E-state index contributed by atoms with van der Waals surface area (Å²) in [5, 5.41) is 0.723. The van der Waals surface area contributed by atoms with Crippen molar-refractivity contribution in [2.45, 2.75) is 20.3 Å². The Bertz CT molecular complexity index is 1360. The minimum absolute atomic E-state index is 0.0954. The van der Waals surface area contributed by atoms with Crippen molar-refractivity contribution in [3.63, 3.8) is 0 Å². The standard InChI is InChI=1S/C30H29ClN4O/c1-21-8-6-7-11-26(21)30(36)35-18-16-34(17-19-35)29-27(20-23-12-14-25(31)15-13-23)22(2)32-28(33-29)24-9-4-3-5-10-24/h3-15H,16-20H2,1-2H3. The Hall–Kier alpha value is -3.70. The van der Waals surface area contributed by atoms with E-state index in [-0.39, 0.29) is 5.91 Å². The smallest absolute Gasteiger partial charge is 0.254 e. The predicted octanol–water partition coefficient (Wildman–Crippen LogP) is 5.97. The molecule has 1 aliphatic heterocycles. The van der Waals surface area contributed by atoms with Crippen molar-refractivity contribution < 1.29 is 4.79 Å². The first-order valence-corrected chi connectivity index (χ1v) is 12.6. The monoisotopic (exact) mass is 496 g/mol. The van der Waals surface area contributed by atoms with Gasteiger partial charge in [0.05, 0.1) is 0 Å². The number of rotatable bonds is 5. The van der Waals surface area contributed by atoms with E-state index in [0.29, 0.717) is 13.1 Å². The zero-order chi connectivity index (χ0) is 25.1. The molecule has 182 valence electrons. The topological polar surface area (TPSA) is 49.3 Å². The third kappa shape index (κ3) is 5.12. The van der Waals surface area contributed by atoms with Gasteiger partial charge >= 0.3 is 0 Å². The lowest BCUT2D eigenvalue weighted by Crippen LogP contribution is -2.49. The van der Waals surface area contributed by atoms with Gasteiger partial charge in [0.15, 0.2) is 5.82 Å². The van der Waals surface area contributed by atoms with Crippen molar-refractivity contribution in [3.8, 4) is 11.4 Å². The fourth-order valence-electron chi connectivity index (χ4n) is 4.68. The lowest BCUT2D eigenvalue weighted by atomic mass is 10.0. The van der Waals surface area contributed by atoms with E-state index < -0.39 is 0 Å². The van der Waals surface area contributed by atoms with Crippen LogP contribution in [0.25, 0.3) is 11.4 Å². The summed E-state index contributed by atoms with van der Waals surface area (Å²) in [5.41, 5.74) is 6.01. The Morgan fingerprint density at radius 1 is 0.833 bits per heavy atom. The van der Waals surface area contributed by atoms with Crippen LogP contribution in [0.3, 0.4) is 0 Å². The SMILES string of the molecule is Cc1ccccc1C(=O)N1CCN(c2nc(-c3ccccc3)nc(C)c2Cc2ccc(Cl)cc2)CC1. The van der Waals surface area contributed by atoms with Crippen LogP contribution in [0.5, 0.6) is 0 Å². The highest BCUT2D eigenvalue weighted by Gasteiger charge is 2.26. The van der Waals surface area contributed by atoms with Crippen LogP contribution in [0.1, 0.15) is 32.7 Å². The van der Waals surface area contributed by atoms with Crippen LogP contribution < -0.4 is 4.90 Å². The quantitative estimate of drug-likeness (QED) is 0.341. The average Bonchev–Trinajstić information content (AvgIpc) is 2.91. The maximum absolute atomic E-state index is 13.2. The van der Waals surface area contributed by atoms with E-state index in [1.807, 2.05) is 78.6 Å². The molecule has 0 atom stereocenters. The summed E-state index contributed by atoms with van der Waals surface area (Å²) in [5.74, 6) is 1.76. The Morgan fingerprint density at radius 3 is 2.19 bits per heavy atom. The predicted molar refractivity (Wildman–Crippen MR) is 146 cm³/mol. The molecule has 0 bridgehead atoms. The average molecular weight is 497 g/mol. The Balaban J connectivity index is 1.44. The van der Waals surface area contributed by atoms with E-state index in [1.165, 1.54) is 0 Å². The Labute approximate surface area is 217 Å². The van der Waals surface area contributed by atoms with Gasteiger partial charge in [-0.1, -0.05) is 72.3 Å². The Morgan fingerprint density at radius 2 is 1.50 bits per heavy atom. The molecule has 0 unspecified atom stereocenters. The maximum Gasteiger partial charge on any atom is 0.254 e. The molecule has 4 aromatic rings. The molecule has 0 radical (unpaired) electrons. The number of hydrogen-bond donors (Lipinski definition) is 0. The van der Waals surface area contributed by atoms with Gasteiger partial charge in [0.2, 0.25) is 0 Å². The van der Waals surface area contributed by atoms with Crippen LogP contribution in [-0.4, -0.2) is 47.0 Å². The van der Waals surface area contributed by atoms with Crippen LogP contribution >= 0.6 is 11.6 Å². The van der Waals surface area contributed by atoms with E-state index in [9.17, 15) is 4.79 Å². The van der Waals surface area contributed by atoms with Crippen LogP contribution in [0.2, 0.25) is 5.02 Å². The number of carbonyl (C=O) groups is 1. The number of halogens is 1. The van der Waals surface area contributed by atoms with Gasteiger partial charge in [-0.25, -0.2) is 9.97 Å². The van der Waals surface area contributed by atoms with Gasteiger partial charge < -0.3 is 9.80 Å². The van der Waals surface area contributed by atoms with Crippen molar-refractivity contribution >= 4 is 23.3 Å². The summed E-state index contributed by atoms with van der Waals surface area (Å²) in [6.45, 7) is 6.78. The maximum atomic E-state index is 13.2. The number of aromatic nitrogens is 2. The number of nitrogens with zero attached hydrogens (tertiary/aromatic N) is 4. The number of carbonyl (C=O) groups excluding carboxylic acids is 1. The highest BCUT2D eigenvalue weighted by molar-refractivity contribution is 6.30. The van der Waals surface area contributed by atoms with Crippen molar-refractivity contribution in [1.29, 1.82) is 0 Å². The molecule has 0 N–H and O–H groups in total. The van der Waals surface area contributed by atoms with Gasteiger partial charge in [-0.2, -0.15) is 0 Å². The molecule has 1 aromatic heterocycles. The number of amides is 1. The normalized spacial score (nSPS) is 13.6.